The van der Waals surface area contributed by atoms with Gasteiger partial charge in [0.2, 0.25) is 11.8 Å². The molecule has 2 amide bonds. The van der Waals surface area contributed by atoms with E-state index in [9.17, 15) is 9.59 Å². The van der Waals surface area contributed by atoms with Crippen LogP contribution in [0.4, 0.5) is 5.69 Å². The summed E-state index contributed by atoms with van der Waals surface area (Å²) in [6.45, 7) is 8.67. The van der Waals surface area contributed by atoms with Gasteiger partial charge >= 0.3 is 0 Å². The summed E-state index contributed by atoms with van der Waals surface area (Å²) < 4.78 is 2.04. The molecule has 1 fully saturated rings. The van der Waals surface area contributed by atoms with Crippen molar-refractivity contribution in [2.75, 3.05) is 24.5 Å². The van der Waals surface area contributed by atoms with Crippen molar-refractivity contribution in [2.24, 2.45) is 0 Å². The Kier molecular flexibility index (Phi) is 7.11. The quantitative estimate of drug-likeness (QED) is 0.476. The van der Waals surface area contributed by atoms with Crippen LogP contribution in [0, 0.1) is 0 Å². The van der Waals surface area contributed by atoms with Crippen LogP contribution in [0.15, 0.2) is 48.5 Å². The second-order valence-electron chi connectivity index (χ2n) is 8.81. The first-order valence-corrected chi connectivity index (χ1v) is 12.2. The van der Waals surface area contributed by atoms with Crippen molar-refractivity contribution in [3.05, 3.63) is 59.9 Å². The summed E-state index contributed by atoms with van der Waals surface area (Å²) in [5, 5.41) is 0. The van der Waals surface area contributed by atoms with Crippen LogP contribution < -0.4 is 4.90 Å². The fourth-order valence-electron chi connectivity index (χ4n) is 4.89. The first-order valence-electron chi connectivity index (χ1n) is 12.2. The van der Waals surface area contributed by atoms with E-state index in [0.29, 0.717) is 13.0 Å². The molecule has 0 bridgehead atoms. The molecule has 0 saturated carbocycles. The van der Waals surface area contributed by atoms with E-state index in [4.69, 9.17) is 4.98 Å². The Morgan fingerprint density at radius 3 is 2.45 bits per heavy atom. The average Bonchev–Trinajstić information content (AvgIpc) is 3.39. The molecule has 4 rings (SSSR count). The highest BCUT2D eigenvalue weighted by atomic mass is 16.2. The van der Waals surface area contributed by atoms with Gasteiger partial charge in [0.05, 0.1) is 11.0 Å². The Labute approximate surface area is 196 Å². The molecule has 174 valence electrons. The molecule has 0 spiro atoms. The van der Waals surface area contributed by atoms with Gasteiger partial charge < -0.3 is 14.4 Å². The SMILES string of the molecule is CCCN(CCC)C(=O)Cn1c(C2CC(=O)N(c3ccccc3CC)C2)nc2ccccc21. The highest BCUT2D eigenvalue weighted by molar-refractivity contribution is 5.97. The minimum atomic E-state index is -0.0478. The summed E-state index contributed by atoms with van der Waals surface area (Å²) in [5.74, 6) is 1.01. The Morgan fingerprint density at radius 1 is 1.03 bits per heavy atom. The molecular weight excluding hydrogens is 412 g/mol. The van der Waals surface area contributed by atoms with Gasteiger partial charge in [-0.1, -0.05) is 51.1 Å². The molecular formula is C27H34N4O2. The summed E-state index contributed by atoms with van der Waals surface area (Å²) in [4.78, 5) is 35.1. The molecule has 33 heavy (non-hydrogen) atoms. The van der Waals surface area contributed by atoms with Gasteiger partial charge in [0, 0.05) is 37.7 Å². The lowest BCUT2D eigenvalue weighted by atomic mass is 10.1. The lowest BCUT2D eigenvalue weighted by Gasteiger charge is -2.23. The second-order valence-corrected chi connectivity index (χ2v) is 8.81. The Hall–Kier alpha value is -3.15. The van der Waals surface area contributed by atoms with Crippen molar-refractivity contribution in [2.45, 2.75) is 58.9 Å². The predicted molar refractivity (Wildman–Crippen MR) is 132 cm³/mol. The molecule has 0 N–H and O–H groups in total. The number of nitrogens with zero attached hydrogens (tertiary/aromatic N) is 4. The summed E-state index contributed by atoms with van der Waals surface area (Å²) in [6.07, 6.45) is 3.16. The molecule has 0 aliphatic carbocycles. The molecule has 1 aromatic heterocycles. The van der Waals surface area contributed by atoms with Crippen LogP contribution in [0.2, 0.25) is 0 Å². The predicted octanol–water partition coefficient (Wildman–Crippen LogP) is 4.77. The van der Waals surface area contributed by atoms with Crippen molar-refractivity contribution in [1.82, 2.24) is 14.5 Å². The summed E-state index contributed by atoms with van der Waals surface area (Å²) >= 11 is 0. The third-order valence-corrected chi connectivity index (χ3v) is 6.47. The zero-order valence-electron chi connectivity index (χ0n) is 20.0. The van der Waals surface area contributed by atoms with Crippen molar-refractivity contribution in [3.63, 3.8) is 0 Å². The van der Waals surface area contributed by atoms with E-state index >= 15 is 0 Å². The van der Waals surface area contributed by atoms with Crippen molar-refractivity contribution in [3.8, 4) is 0 Å². The maximum atomic E-state index is 13.2. The van der Waals surface area contributed by atoms with Gasteiger partial charge in [0.25, 0.3) is 0 Å². The first-order chi connectivity index (χ1) is 16.1. The molecule has 1 aliphatic rings. The molecule has 1 atom stereocenters. The van der Waals surface area contributed by atoms with Crippen molar-refractivity contribution >= 4 is 28.5 Å². The number of imidazole rings is 1. The maximum Gasteiger partial charge on any atom is 0.242 e. The molecule has 1 saturated heterocycles. The van der Waals surface area contributed by atoms with Crippen LogP contribution in [0.3, 0.4) is 0 Å². The van der Waals surface area contributed by atoms with Gasteiger partial charge in [-0.3, -0.25) is 9.59 Å². The standard InChI is InChI=1S/C27H34N4O2/c1-4-15-29(16-5-2)26(33)19-31-24-14-10-8-12-22(24)28-27(31)21-17-25(32)30(18-21)23-13-9-7-11-20(23)6-3/h7-14,21H,4-6,15-19H2,1-3H3. The van der Waals surface area contributed by atoms with Gasteiger partial charge in [-0.05, 0) is 43.0 Å². The van der Waals surface area contributed by atoms with E-state index in [-0.39, 0.29) is 24.3 Å². The topological polar surface area (TPSA) is 58.4 Å². The minimum absolute atomic E-state index is 0.0478. The van der Waals surface area contributed by atoms with Gasteiger partial charge in [0.15, 0.2) is 0 Å². The number of hydrogen-bond acceptors (Lipinski definition) is 3. The highest BCUT2D eigenvalue weighted by Crippen LogP contribution is 2.34. The monoisotopic (exact) mass is 446 g/mol. The summed E-state index contributed by atoms with van der Waals surface area (Å²) in [5.41, 5.74) is 3.99. The first kappa shape index (κ1) is 23.0. The number of aromatic nitrogens is 2. The maximum absolute atomic E-state index is 13.2. The van der Waals surface area contributed by atoms with E-state index in [1.807, 2.05) is 56.8 Å². The molecule has 6 heteroatoms. The number of rotatable bonds is 9. The van der Waals surface area contributed by atoms with Crippen LogP contribution in [-0.4, -0.2) is 45.9 Å². The lowest BCUT2D eigenvalue weighted by molar-refractivity contribution is -0.131. The Morgan fingerprint density at radius 2 is 1.73 bits per heavy atom. The molecule has 3 aromatic rings. The van der Waals surface area contributed by atoms with Gasteiger partial charge in [-0.2, -0.15) is 0 Å². The van der Waals surface area contributed by atoms with Gasteiger partial charge in [-0.15, -0.1) is 0 Å². The van der Waals surface area contributed by atoms with Gasteiger partial charge in [-0.25, -0.2) is 4.98 Å². The van der Waals surface area contributed by atoms with Crippen LogP contribution in [0.5, 0.6) is 0 Å². The number of benzene rings is 2. The molecule has 2 aromatic carbocycles. The summed E-state index contributed by atoms with van der Waals surface area (Å²) in [7, 11) is 0. The van der Waals surface area contributed by atoms with Crippen molar-refractivity contribution in [1.29, 1.82) is 0 Å². The third kappa shape index (κ3) is 4.65. The molecule has 6 nitrogen and oxygen atoms in total. The number of fused-ring (bicyclic) bond motifs is 1. The number of hydrogen-bond donors (Lipinski definition) is 0. The van der Waals surface area contributed by atoms with Gasteiger partial charge in [0.1, 0.15) is 12.4 Å². The lowest BCUT2D eigenvalue weighted by Crippen LogP contribution is -2.35. The van der Waals surface area contributed by atoms with E-state index in [0.717, 1.165) is 54.9 Å². The average molecular weight is 447 g/mol. The number of carbonyl (C=O) groups is 2. The fraction of sp³-hybridized carbons (Fsp3) is 0.444. The third-order valence-electron chi connectivity index (χ3n) is 6.47. The number of anilines is 1. The Bertz CT molecular complexity index is 1130. The van der Waals surface area contributed by atoms with Crippen LogP contribution >= 0.6 is 0 Å². The number of carbonyl (C=O) groups excluding carboxylic acids is 2. The van der Waals surface area contributed by atoms with E-state index in [1.54, 1.807) is 0 Å². The largest absolute Gasteiger partial charge is 0.341 e. The summed E-state index contributed by atoms with van der Waals surface area (Å²) in [6, 6.07) is 16.1. The minimum Gasteiger partial charge on any atom is -0.341 e. The van der Waals surface area contributed by atoms with E-state index < -0.39 is 0 Å². The molecule has 1 unspecified atom stereocenters. The molecule has 0 radical (unpaired) electrons. The number of aryl methyl sites for hydroxylation is 1. The van der Waals surface area contributed by atoms with E-state index in [2.05, 4.69) is 26.8 Å². The van der Waals surface area contributed by atoms with Crippen LogP contribution in [0.1, 0.15) is 57.3 Å². The van der Waals surface area contributed by atoms with Crippen LogP contribution in [0.25, 0.3) is 11.0 Å². The fourth-order valence-corrected chi connectivity index (χ4v) is 4.89. The zero-order valence-corrected chi connectivity index (χ0v) is 20.0. The van der Waals surface area contributed by atoms with Crippen molar-refractivity contribution < 1.29 is 9.59 Å². The second kappa shape index (κ2) is 10.2. The van der Waals surface area contributed by atoms with E-state index in [1.165, 1.54) is 5.56 Å². The zero-order chi connectivity index (χ0) is 23.4. The normalized spacial score (nSPS) is 16.0. The molecule has 1 aliphatic heterocycles. The number of amides is 2. The number of para-hydroxylation sites is 3. The Balaban J connectivity index is 1.67. The smallest absolute Gasteiger partial charge is 0.242 e. The van der Waals surface area contributed by atoms with Crippen LogP contribution in [-0.2, 0) is 22.6 Å². The highest BCUT2D eigenvalue weighted by Gasteiger charge is 2.36. The molecule has 2 heterocycles.